The fourth-order valence-corrected chi connectivity index (χ4v) is 5.08. The summed E-state index contributed by atoms with van der Waals surface area (Å²) in [6.07, 6.45) is 4.52. The van der Waals surface area contributed by atoms with E-state index in [0.717, 1.165) is 28.2 Å². The van der Waals surface area contributed by atoms with E-state index in [-0.39, 0.29) is 5.91 Å². The van der Waals surface area contributed by atoms with Gasteiger partial charge in [0, 0.05) is 17.0 Å². The molecule has 0 radical (unpaired) electrons. The van der Waals surface area contributed by atoms with E-state index in [4.69, 9.17) is 9.15 Å². The van der Waals surface area contributed by atoms with Crippen LogP contribution in [0, 0.1) is 5.92 Å². The fraction of sp³-hybridized carbons (Fsp3) is 0.435. The number of furan rings is 1. The van der Waals surface area contributed by atoms with E-state index < -0.39 is 0 Å². The maximum Gasteiger partial charge on any atom is 0.224 e. The molecule has 1 saturated heterocycles. The summed E-state index contributed by atoms with van der Waals surface area (Å²) < 4.78 is 10.9. The number of nitrogens with one attached hydrogen (secondary N) is 2. The van der Waals surface area contributed by atoms with Crippen LogP contribution >= 0.6 is 11.3 Å². The first-order valence-electron chi connectivity index (χ1n) is 10.3. The molecule has 4 rings (SSSR count). The molecular formula is C23H29N2O3S+. The van der Waals surface area contributed by atoms with Gasteiger partial charge in [0.1, 0.15) is 17.4 Å². The summed E-state index contributed by atoms with van der Waals surface area (Å²) in [6, 6.07) is 10.3. The number of quaternary nitrogens is 1. The summed E-state index contributed by atoms with van der Waals surface area (Å²) in [5.74, 6) is 1.60. The highest BCUT2D eigenvalue weighted by Crippen LogP contribution is 2.26. The van der Waals surface area contributed by atoms with Crippen LogP contribution in [0.15, 0.2) is 46.4 Å². The molecule has 2 N–H and O–H groups in total. The SMILES string of the molecule is COc1ccc2c(CC(=O)NC[C@@H](c3cccs3)[NH+]3CCC(C)CC3)coc2c1. The minimum Gasteiger partial charge on any atom is -0.497 e. The van der Waals surface area contributed by atoms with Crippen LogP contribution in [-0.2, 0) is 11.2 Å². The van der Waals surface area contributed by atoms with Gasteiger partial charge in [-0.25, -0.2) is 0 Å². The number of fused-ring (bicyclic) bond motifs is 1. The molecule has 1 aromatic carbocycles. The summed E-state index contributed by atoms with van der Waals surface area (Å²) in [5.41, 5.74) is 1.66. The van der Waals surface area contributed by atoms with E-state index in [1.54, 1.807) is 29.6 Å². The lowest BCUT2D eigenvalue weighted by Crippen LogP contribution is -3.14. The first kappa shape index (κ1) is 20.0. The van der Waals surface area contributed by atoms with Crippen LogP contribution in [-0.4, -0.2) is 32.7 Å². The first-order valence-corrected chi connectivity index (χ1v) is 11.2. The predicted octanol–water partition coefficient (Wildman–Crippen LogP) is 3.22. The second-order valence-corrected chi connectivity index (χ2v) is 8.99. The van der Waals surface area contributed by atoms with Crippen molar-refractivity contribution in [2.75, 3.05) is 26.7 Å². The van der Waals surface area contributed by atoms with Gasteiger partial charge < -0.3 is 19.4 Å². The second kappa shape index (κ2) is 9.01. The Labute approximate surface area is 175 Å². The van der Waals surface area contributed by atoms with Crippen molar-refractivity contribution in [3.05, 3.63) is 52.4 Å². The second-order valence-electron chi connectivity index (χ2n) is 8.01. The Kier molecular flexibility index (Phi) is 6.21. The van der Waals surface area contributed by atoms with Gasteiger partial charge in [-0.3, -0.25) is 4.79 Å². The molecular weight excluding hydrogens is 384 g/mol. The van der Waals surface area contributed by atoms with Gasteiger partial charge in [0.25, 0.3) is 0 Å². The molecule has 0 aliphatic carbocycles. The number of hydrogen-bond donors (Lipinski definition) is 2. The van der Waals surface area contributed by atoms with Gasteiger partial charge in [-0.1, -0.05) is 13.0 Å². The third-order valence-corrected chi connectivity index (χ3v) is 7.00. The highest BCUT2D eigenvalue weighted by atomic mass is 32.1. The van der Waals surface area contributed by atoms with Crippen molar-refractivity contribution in [3.8, 4) is 5.75 Å². The van der Waals surface area contributed by atoms with Gasteiger partial charge in [0.2, 0.25) is 5.91 Å². The maximum absolute atomic E-state index is 12.7. The van der Waals surface area contributed by atoms with Gasteiger partial charge in [0.15, 0.2) is 0 Å². The lowest BCUT2D eigenvalue weighted by molar-refractivity contribution is -0.935. The average molecular weight is 414 g/mol. The minimum absolute atomic E-state index is 0.0369. The molecule has 1 aliphatic rings. The predicted molar refractivity (Wildman–Crippen MR) is 116 cm³/mol. The number of carbonyl (C=O) groups excluding carboxylic acids is 1. The Hall–Kier alpha value is -2.31. The molecule has 0 spiro atoms. The van der Waals surface area contributed by atoms with Crippen LogP contribution in [0.2, 0.25) is 0 Å². The topological polar surface area (TPSA) is 55.9 Å². The molecule has 0 unspecified atom stereocenters. The fourth-order valence-electron chi connectivity index (χ4n) is 4.20. The molecule has 1 fully saturated rings. The number of hydrogen-bond acceptors (Lipinski definition) is 4. The van der Waals surface area contributed by atoms with Crippen LogP contribution in [0.3, 0.4) is 0 Å². The third kappa shape index (κ3) is 4.65. The number of thiophene rings is 1. The summed E-state index contributed by atoms with van der Waals surface area (Å²) in [5, 5.41) is 6.28. The Morgan fingerprint density at radius 2 is 2.17 bits per heavy atom. The Balaban J connectivity index is 1.40. The van der Waals surface area contributed by atoms with E-state index in [9.17, 15) is 4.79 Å². The van der Waals surface area contributed by atoms with Crippen LogP contribution < -0.4 is 15.0 Å². The van der Waals surface area contributed by atoms with Gasteiger partial charge in [-0.15, -0.1) is 11.3 Å². The molecule has 2 aromatic heterocycles. The van der Waals surface area contributed by atoms with E-state index in [2.05, 4.69) is 29.8 Å². The lowest BCUT2D eigenvalue weighted by Gasteiger charge is -2.33. The summed E-state index contributed by atoms with van der Waals surface area (Å²) in [4.78, 5) is 15.6. The molecule has 3 aromatic rings. The Morgan fingerprint density at radius 1 is 1.34 bits per heavy atom. The number of rotatable bonds is 7. The minimum atomic E-state index is 0.0369. The number of likely N-dealkylation sites (tertiary alicyclic amines) is 1. The van der Waals surface area contributed by atoms with E-state index in [1.807, 2.05) is 18.2 Å². The number of methoxy groups -OCH3 is 1. The van der Waals surface area contributed by atoms with Crippen molar-refractivity contribution >= 4 is 28.2 Å². The third-order valence-electron chi connectivity index (χ3n) is 6.01. The van der Waals surface area contributed by atoms with Crippen molar-refractivity contribution < 1.29 is 18.8 Å². The molecule has 0 saturated carbocycles. The Morgan fingerprint density at radius 3 is 2.90 bits per heavy atom. The summed E-state index contributed by atoms with van der Waals surface area (Å²) >= 11 is 1.79. The number of carbonyl (C=O) groups is 1. The van der Waals surface area contributed by atoms with Crippen molar-refractivity contribution in [3.63, 3.8) is 0 Å². The Bertz CT molecular complexity index is 942. The zero-order valence-corrected chi connectivity index (χ0v) is 17.9. The largest absolute Gasteiger partial charge is 0.497 e. The van der Waals surface area contributed by atoms with Gasteiger partial charge >= 0.3 is 0 Å². The van der Waals surface area contributed by atoms with E-state index >= 15 is 0 Å². The zero-order chi connectivity index (χ0) is 20.2. The lowest BCUT2D eigenvalue weighted by atomic mass is 9.97. The average Bonchev–Trinajstić information content (AvgIpc) is 3.40. The van der Waals surface area contributed by atoms with Gasteiger partial charge in [-0.2, -0.15) is 0 Å². The maximum atomic E-state index is 12.7. The number of ether oxygens (including phenoxy) is 1. The normalized spacial score (nSPS) is 20.5. The van der Waals surface area contributed by atoms with Crippen molar-refractivity contribution in [2.45, 2.75) is 32.2 Å². The molecule has 6 heteroatoms. The number of benzene rings is 1. The molecule has 1 amide bonds. The molecule has 154 valence electrons. The first-order chi connectivity index (χ1) is 14.1. The molecule has 1 atom stereocenters. The smallest absolute Gasteiger partial charge is 0.224 e. The standard InChI is InChI=1S/C23H28N2O3S/c1-16-7-9-25(10-8-16)20(22-4-3-11-29-22)14-24-23(26)12-17-15-28-21-13-18(27-2)5-6-19(17)21/h3-6,11,13,15-16,20H,7-10,12,14H2,1-2H3,(H,24,26)/p+1/t20-/m0/s1. The molecule has 5 nitrogen and oxygen atoms in total. The highest BCUT2D eigenvalue weighted by Gasteiger charge is 2.29. The van der Waals surface area contributed by atoms with Gasteiger partial charge in [0.05, 0.1) is 44.3 Å². The van der Waals surface area contributed by atoms with Crippen LogP contribution in [0.4, 0.5) is 0 Å². The quantitative estimate of drug-likeness (QED) is 0.625. The summed E-state index contributed by atoms with van der Waals surface area (Å²) in [7, 11) is 1.63. The monoisotopic (exact) mass is 413 g/mol. The molecule has 1 aliphatic heterocycles. The van der Waals surface area contributed by atoms with Crippen molar-refractivity contribution in [1.29, 1.82) is 0 Å². The van der Waals surface area contributed by atoms with Crippen LogP contribution in [0.25, 0.3) is 11.0 Å². The number of amides is 1. The highest BCUT2D eigenvalue weighted by molar-refractivity contribution is 7.10. The number of piperidine rings is 1. The van der Waals surface area contributed by atoms with E-state index in [0.29, 0.717) is 19.0 Å². The molecule has 3 heterocycles. The summed E-state index contributed by atoms with van der Waals surface area (Å²) in [6.45, 7) is 5.36. The van der Waals surface area contributed by atoms with Gasteiger partial charge in [-0.05, 0) is 42.3 Å². The van der Waals surface area contributed by atoms with Crippen LogP contribution in [0.5, 0.6) is 5.75 Å². The zero-order valence-electron chi connectivity index (χ0n) is 17.1. The van der Waals surface area contributed by atoms with Crippen molar-refractivity contribution in [2.24, 2.45) is 5.92 Å². The van der Waals surface area contributed by atoms with Crippen molar-refractivity contribution in [1.82, 2.24) is 5.32 Å². The van der Waals surface area contributed by atoms with E-state index in [1.165, 1.54) is 30.8 Å². The molecule has 0 bridgehead atoms. The van der Waals surface area contributed by atoms with Crippen LogP contribution in [0.1, 0.15) is 36.2 Å². The molecule has 29 heavy (non-hydrogen) atoms.